The highest BCUT2D eigenvalue weighted by molar-refractivity contribution is 5.55. The van der Waals surface area contributed by atoms with Gasteiger partial charge in [-0.3, -0.25) is 0 Å². The molecule has 2 aromatic rings. The van der Waals surface area contributed by atoms with Crippen LogP contribution in [-0.2, 0) is 11.2 Å². The van der Waals surface area contributed by atoms with Crippen LogP contribution in [0, 0.1) is 0 Å². The monoisotopic (exact) mass is 524 g/mol. The molecule has 1 aromatic carbocycles. The molecule has 1 unspecified atom stereocenters. The van der Waals surface area contributed by atoms with Gasteiger partial charge in [0.05, 0.1) is 12.7 Å². The third kappa shape index (κ3) is 15.5. The van der Waals surface area contributed by atoms with Gasteiger partial charge in [0, 0.05) is 24.6 Å². The molecule has 0 radical (unpaired) electrons. The fraction of sp³-hybridized carbons (Fsp3) is 0.706. The van der Waals surface area contributed by atoms with Crippen molar-refractivity contribution in [2.45, 2.75) is 142 Å². The molecule has 214 valence electrons. The number of hydrogen-bond acceptors (Lipinski definition) is 4. The Hall–Kier alpha value is -1.94. The van der Waals surface area contributed by atoms with E-state index in [0.29, 0.717) is 6.10 Å². The Bertz CT molecular complexity index is 791. The lowest BCUT2D eigenvalue weighted by Crippen LogP contribution is -2.09. The van der Waals surface area contributed by atoms with E-state index in [9.17, 15) is 0 Å². The van der Waals surface area contributed by atoms with E-state index in [1.165, 1.54) is 102 Å². The number of benzene rings is 1. The van der Waals surface area contributed by atoms with Gasteiger partial charge in [0.1, 0.15) is 5.75 Å². The number of aryl methyl sites for hydroxylation is 1. The van der Waals surface area contributed by atoms with E-state index in [2.05, 4.69) is 42.9 Å². The molecule has 0 aliphatic heterocycles. The Morgan fingerprint density at radius 1 is 0.632 bits per heavy atom. The normalized spacial score (nSPS) is 12.1. The van der Waals surface area contributed by atoms with Crippen LogP contribution in [0.5, 0.6) is 5.75 Å². The van der Waals surface area contributed by atoms with Crippen molar-refractivity contribution >= 4 is 0 Å². The lowest BCUT2D eigenvalue weighted by molar-refractivity contribution is 0.0557. The smallest absolute Gasteiger partial charge is 0.159 e. The molecule has 4 heteroatoms. The quantitative estimate of drug-likeness (QED) is 0.128. The van der Waals surface area contributed by atoms with E-state index in [0.717, 1.165) is 49.6 Å². The van der Waals surface area contributed by atoms with Crippen molar-refractivity contribution in [2.24, 2.45) is 0 Å². The molecule has 0 saturated carbocycles. The van der Waals surface area contributed by atoms with Crippen LogP contribution < -0.4 is 4.74 Å². The summed E-state index contributed by atoms with van der Waals surface area (Å²) >= 11 is 0. The van der Waals surface area contributed by atoms with Crippen LogP contribution in [-0.4, -0.2) is 29.3 Å². The lowest BCUT2D eigenvalue weighted by Gasteiger charge is -2.13. The molecule has 0 aliphatic carbocycles. The van der Waals surface area contributed by atoms with Crippen molar-refractivity contribution in [1.29, 1.82) is 0 Å². The minimum Gasteiger partial charge on any atom is -0.494 e. The van der Waals surface area contributed by atoms with Crippen molar-refractivity contribution < 1.29 is 9.47 Å². The first-order valence-electron chi connectivity index (χ1n) is 15.9. The second-order valence-corrected chi connectivity index (χ2v) is 11.0. The highest BCUT2D eigenvalue weighted by atomic mass is 16.5. The van der Waals surface area contributed by atoms with Gasteiger partial charge in [-0.15, -0.1) is 0 Å². The zero-order valence-electron chi connectivity index (χ0n) is 24.9. The van der Waals surface area contributed by atoms with Crippen LogP contribution in [0.1, 0.15) is 135 Å². The van der Waals surface area contributed by atoms with Crippen LogP contribution in [0.3, 0.4) is 0 Å². The summed E-state index contributed by atoms with van der Waals surface area (Å²) < 4.78 is 11.8. The van der Waals surface area contributed by atoms with E-state index < -0.39 is 0 Å². The van der Waals surface area contributed by atoms with E-state index in [1.807, 2.05) is 24.5 Å². The molecular formula is C34H56N2O2. The second kappa shape index (κ2) is 21.9. The highest BCUT2D eigenvalue weighted by Gasteiger charge is 2.04. The van der Waals surface area contributed by atoms with Gasteiger partial charge in [-0.2, -0.15) is 0 Å². The SMILES string of the molecule is CCCCCCCCCCCCc1cnc(-c2ccc(OCCCCCC(C)OCCCCC)cc2)nc1. The Morgan fingerprint density at radius 3 is 1.84 bits per heavy atom. The van der Waals surface area contributed by atoms with Gasteiger partial charge in [-0.25, -0.2) is 9.97 Å². The summed E-state index contributed by atoms with van der Waals surface area (Å²) in [5, 5.41) is 0. The molecule has 0 saturated heterocycles. The van der Waals surface area contributed by atoms with Crippen LogP contribution in [0.2, 0.25) is 0 Å². The first-order valence-corrected chi connectivity index (χ1v) is 15.9. The lowest BCUT2D eigenvalue weighted by atomic mass is 10.0. The summed E-state index contributed by atoms with van der Waals surface area (Å²) in [5.74, 6) is 1.70. The third-order valence-corrected chi connectivity index (χ3v) is 7.31. The van der Waals surface area contributed by atoms with Crippen molar-refractivity contribution in [2.75, 3.05) is 13.2 Å². The van der Waals surface area contributed by atoms with Crippen molar-refractivity contribution in [3.05, 3.63) is 42.2 Å². The Kier molecular flexibility index (Phi) is 18.6. The predicted octanol–water partition coefficient (Wildman–Crippen LogP) is 10.1. The molecule has 1 heterocycles. The van der Waals surface area contributed by atoms with Crippen LogP contribution in [0.25, 0.3) is 11.4 Å². The standard InChI is InChI=1S/C34H56N2O2/c1-4-6-8-9-10-11-12-13-14-17-21-31-28-35-34(36-29-31)32-22-24-33(25-23-32)38-27-19-15-16-20-30(3)37-26-18-7-5-2/h22-25,28-30H,4-21,26-27H2,1-3H3. The largest absolute Gasteiger partial charge is 0.494 e. The van der Waals surface area contributed by atoms with Gasteiger partial charge in [-0.1, -0.05) is 90.9 Å². The first-order chi connectivity index (χ1) is 18.7. The highest BCUT2D eigenvalue weighted by Crippen LogP contribution is 2.20. The second-order valence-electron chi connectivity index (χ2n) is 11.0. The minimum absolute atomic E-state index is 0.372. The molecule has 0 spiro atoms. The first kappa shape index (κ1) is 32.3. The van der Waals surface area contributed by atoms with Gasteiger partial charge in [0.2, 0.25) is 0 Å². The summed E-state index contributed by atoms with van der Waals surface area (Å²) in [6, 6.07) is 8.18. The van der Waals surface area contributed by atoms with E-state index in [-0.39, 0.29) is 0 Å². The molecule has 0 aliphatic rings. The Morgan fingerprint density at radius 2 is 1.18 bits per heavy atom. The maximum atomic E-state index is 5.94. The zero-order chi connectivity index (χ0) is 27.1. The molecular weight excluding hydrogens is 468 g/mol. The van der Waals surface area contributed by atoms with Gasteiger partial charge in [0.25, 0.3) is 0 Å². The minimum atomic E-state index is 0.372. The topological polar surface area (TPSA) is 44.2 Å². The number of rotatable bonds is 24. The molecule has 38 heavy (non-hydrogen) atoms. The molecule has 0 amide bonds. The Balaban J connectivity index is 1.54. The van der Waals surface area contributed by atoms with Crippen molar-refractivity contribution in [3.63, 3.8) is 0 Å². The number of ether oxygens (including phenoxy) is 2. The molecule has 0 bridgehead atoms. The average molecular weight is 525 g/mol. The van der Waals surface area contributed by atoms with Gasteiger partial charge < -0.3 is 9.47 Å². The number of aromatic nitrogens is 2. The number of unbranched alkanes of at least 4 members (excludes halogenated alkanes) is 13. The summed E-state index contributed by atoms with van der Waals surface area (Å²) in [5.41, 5.74) is 2.28. The fourth-order valence-electron chi connectivity index (χ4n) is 4.77. The number of hydrogen-bond donors (Lipinski definition) is 0. The van der Waals surface area contributed by atoms with Crippen LogP contribution >= 0.6 is 0 Å². The molecule has 0 N–H and O–H groups in total. The van der Waals surface area contributed by atoms with Gasteiger partial charge in [0.15, 0.2) is 5.82 Å². The average Bonchev–Trinajstić information content (AvgIpc) is 2.95. The Labute approximate surface area is 234 Å². The number of nitrogens with zero attached hydrogens (tertiary/aromatic N) is 2. The van der Waals surface area contributed by atoms with Gasteiger partial charge in [-0.05, 0) is 75.3 Å². The third-order valence-electron chi connectivity index (χ3n) is 7.31. The van der Waals surface area contributed by atoms with E-state index in [4.69, 9.17) is 9.47 Å². The predicted molar refractivity (Wildman–Crippen MR) is 162 cm³/mol. The summed E-state index contributed by atoms with van der Waals surface area (Å²) in [7, 11) is 0. The molecule has 2 rings (SSSR count). The van der Waals surface area contributed by atoms with Gasteiger partial charge >= 0.3 is 0 Å². The summed E-state index contributed by atoms with van der Waals surface area (Å²) in [6.45, 7) is 8.37. The van der Waals surface area contributed by atoms with Crippen molar-refractivity contribution in [3.8, 4) is 17.1 Å². The summed E-state index contributed by atoms with van der Waals surface area (Å²) in [4.78, 5) is 9.24. The maximum Gasteiger partial charge on any atom is 0.159 e. The maximum absolute atomic E-state index is 5.94. The fourth-order valence-corrected chi connectivity index (χ4v) is 4.77. The van der Waals surface area contributed by atoms with E-state index in [1.54, 1.807) is 0 Å². The van der Waals surface area contributed by atoms with Crippen molar-refractivity contribution in [1.82, 2.24) is 9.97 Å². The molecule has 0 fully saturated rings. The molecule has 1 aromatic heterocycles. The summed E-state index contributed by atoms with van der Waals surface area (Å²) in [6.07, 6.45) is 27.4. The molecule has 1 atom stereocenters. The van der Waals surface area contributed by atoms with Crippen LogP contribution in [0.4, 0.5) is 0 Å². The van der Waals surface area contributed by atoms with Crippen LogP contribution in [0.15, 0.2) is 36.7 Å². The molecule has 4 nitrogen and oxygen atoms in total. The van der Waals surface area contributed by atoms with E-state index >= 15 is 0 Å². The zero-order valence-corrected chi connectivity index (χ0v) is 24.9.